The Balaban J connectivity index is 1.81. The first-order valence-corrected chi connectivity index (χ1v) is 8.17. The Morgan fingerprint density at radius 3 is 2.76 bits per heavy atom. The number of hydrogen-bond acceptors (Lipinski definition) is 2. The number of ether oxygens (including phenoxy) is 1. The molecule has 2 nitrogen and oxygen atoms in total. The molecule has 0 atom stereocenters. The van der Waals surface area contributed by atoms with Gasteiger partial charge in [-0.15, -0.1) is 0 Å². The van der Waals surface area contributed by atoms with Crippen molar-refractivity contribution in [2.45, 2.75) is 25.9 Å². The monoisotopic (exact) mass is 345 g/mol. The molecule has 0 radical (unpaired) electrons. The number of nitrogens with zero attached hydrogens (tertiary/aromatic N) is 1. The van der Waals surface area contributed by atoms with Crippen molar-refractivity contribution in [2.75, 3.05) is 13.7 Å². The highest BCUT2D eigenvalue weighted by Crippen LogP contribution is 2.26. The highest BCUT2D eigenvalue weighted by molar-refractivity contribution is 9.10. The highest BCUT2D eigenvalue weighted by Gasteiger charge is 2.15. The van der Waals surface area contributed by atoms with E-state index in [0.717, 1.165) is 29.9 Å². The summed E-state index contributed by atoms with van der Waals surface area (Å²) in [4.78, 5) is 2.51. The van der Waals surface area contributed by atoms with Gasteiger partial charge in [-0.05, 0) is 48.7 Å². The van der Waals surface area contributed by atoms with E-state index in [1.807, 2.05) is 12.1 Å². The Labute approximate surface area is 134 Å². The summed E-state index contributed by atoms with van der Waals surface area (Å²) in [5.41, 5.74) is 4.21. The van der Waals surface area contributed by atoms with Gasteiger partial charge in [-0.3, -0.25) is 4.90 Å². The van der Waals surface area contributed by atoms with Gasteiger partial charge in [-0.2, -0.15) is 0 Å². The number of fused-ring (bicyclic) bond motifs is 1. The van der Waals surface area contributed by atoms with Gasteiger partial charge in [0.1, 0.15) is 5.75 Å². The van der Waals surface area contributed by atoms with Crippen LogP contribution in [0.1, 0.15) is 23.1 Å². The third-order valence-corrected chi connectivity index (χ3v) is 4.56. The Morgan fingerprint density at radius 2 is 1.95 bits per heavy atom. The molecule has 3 heteroatoms. The van der Waals surface area contributed by atoms with Gasteiger partial charge >= 0.3 is 0 Å². The molecule has 0 aliphatic carbocycles. The standard InChI is InChI=1S/C18H20BrNO/c1-21-18-9-8-17(19)11-16(18)13-20-10-4-7-14-5-2-3-6-15(14)12-20/h2-3,5-6,8-9,11H,4,7,10,12-13H2,1H3. The van der Waals surface area contributed by atoms with Crippen LogP contribution in [0.15, 0.2) is 46.9 Å². The predicted octanol–water partition coefficient (Wildman–Crippen LogP) is 4.41. The molecule has 21 heavy (non-hydrogen) atoms. The summed E-state index contributed by atoms with van der Waals surface area (Å²) in [5, 5.41) is 0. The van der Waals surface area contributed by atoms with Crippen LogP contribution in [0.2, 0.25) is 0 Å². The van der Waals surface area contributed by atoms with E-state index in [-0.39, 0.29) is 0 Å². The molecule has 0 bridgehead atoms. The van der Waals surface area contributed by atoms with Crippen LogP contribution >= 0.6 is 15.9 Å². The van der Waals surface area contributed by atoms with Crippen LogP contribution in [0.5, 0.6) is 5.75 Å². The van der Waals surface area contributed by atoms with Gasteiger partial charge in [0, 0.05) is 23.1 Å². The number of aryl methyl sites for hydroxylation is 1. The average Bonchev–Trinajstić information content (AvgIpc) is 2.69. The van der Waals surface area contributed by atoms with Crippen LogP contribution in [0.4, 0.5) is 0 Å². The lowest BCUT2D eigenvalue weighted by Crippen LogP contribution is -2.23. The highest BCUT2D eigenvalue weighted by atomic mass is 79.9. The van der Waals surface area contributed by atoms with Gasteiger partial charge in [0.2, 0.25) is 0 Å². The molecule has 1 heterocycles. The van der Waals surface area contributed by atoms with Crippen LogP contribution in [0, 0.1) is 0 Å². The van der Waals surface area contributed by atoms with E-state index >= 15 is 0 Å². The topological polar surface area (TPSA) is 12.5 Å². The summed E-state index contributed by atoms with van der Waals surface area (Å²) in [6.45, 7) is 3.08. The molecule has 0 fully saturated rings. The molecular weight excluding hydrogens is 326 g/mol. The number of hydrogen-bond donors (Lipinski definition) is 0. The number of rotatable bonds is 3. The summed E-state index contributed by atoms with van der Waals surface area (Å²) in [7, 11) is 1.74. The van der Waals surface area contributed by atoms with Crippen molar-refractivity contribution in [1.82, 2.24) is 4.90 Å². The molecule has 0 saturated heterocycles. The third-order valence-electron chi connectivity index (χ3n) is 4.07. The first-order valence-electron chi connectivity index (χ1n) is 7.38. The molecule has 1 aliphatic rings. The summed E-state index contributed by atoms with van der Waals surface area (Å²) in [6.07, 6.45) is 2.40. The zero-order chi connectivity index (χ0) is 14.7. The van der Waals surface area contributed by atoms with Crippen molar-refractivity contribution in [3.63, 3.8) is 0 Å². The third kappa shape index (κ3) is 3.47. The van der Waals surface area contributed by atoms with E-state index in [0.29, 0.717) is 0 Å². The van der Waals surface area contributed by atoms with Crippen molar-refractivity contribution < 1.29 is 4.74 Å². The SMILES string of the molecule is COc1ccc(Br)cc1CN1CCCc2ccccc2C1. The molecule has 0 spiro atoms. The molecule has 3 rings (SSSR count). The predicted molar refractivity (Wildman–Crippen MR) is 89.6 cm³/mol. The van der Waals surface area contributed by atoms with E-state index in [4.69, 9.17) is 4.74 Å². The largest absolute Gasteiger partial charge is 0.496 e. The normalized spacial score (nSPS) is 15.3. The summed E-state index contributed by atoms with van der Waals surface area (Å²) < 4.78 is 6.60. The van der Waals surface area contributed by atoms with E-state index in [2.05, 4.69) is 51.2 Å². The fourth-order valence-electron chi connectivity index (χ4n) is 3.02. The van der Waals surface area contributed by atoms with Gasteiger partial charge in [0.25, 0.3) is 0 Å². The van der Waals surface area contributed by atoms with E-state index < -0.39 is 0 Å². The van der Waals surface area contributed by atoms with Crippen LogP contribution in [-0.4, -0.2) is 18.6 Å². The number of benzene rings is 2. The molecule has 0 saturated carbocycles. The van der Waals surface area contributed by atoms with Crippen LogP contribution in [0.25, 0.3) is 0 Å². The lowest BCUT2D eigenvalue weighted by molar-refractivity contribution is 0.256. The minimum absolute atomic E-state index is 0.928. The van der Waals surface area contributed by atoms with Gasteiger partial charge in [0.05, 0.1) is 7.11 Å². The second-order valence-electron chi connectivity index (χ2n) is 5.54. The van der Waals surface area contributed by atoms with Crippen LogP contribution < -0.4 is 4.74 Å². The minimum atomic E-state index is 0.928. The average molecular weight is 346 g/mol. The van der Waals surface area contributed by atoms with Crippen molar-refractivity contribution in [3.05, 3.63) is 63.6 Å². The van der Waals surface area contributed by atoms with Gasteiger partial charge in [-0.1, -0.05) is 40.2 Å². The quantitative estimate of drug-likeness (QED) is 0.817. The Bertz CT molecular complexity index is 626. The number of halogens is 1. The molecule has 1 aliphatic heterocycles. The van der Waals surface area contributed by atoms with E-state index in [9.17, 15) is 0 Å². The van der Waals surface area contributed by atoms with Gasteiger partial charge < -0.3 is 4.74 Å². The van der Waals surface area contributed by atoms with Gasteiger partial charge in [0.15, 0.2) is 0 Å². The van der Waals surface area contributed by atoms with Crippen LogP contribution in [-0.2, 0) is 19.5 Å². The Hall–Kier alpha value is -1.32. The lowest BCUT2D eigenvalue weighted by atomic mass is 10.0. The molecule has 2 aromatic rings. The van der Waals surface area contributed by atoms with E-state index in [1.165, 1.54) is 29.5 Å². The smallest absolute Gasteiger partial charge is 0.123 e. The second-order valence-corrected chi connectivity index (χ2v) is 6.45. The van der Waals surface area contributed by atoms with Gasteiger partial charge in [-0.25, -0.2) is 0 Å². The van der Waals surface area contributed by atoms with E-state index in [1.54, 1.807) is 7.11 Å². The van der Waals surface area contributed by atoms with Crippen molar-refractivity contribution in [3.8, 4) is 5.75 Å². The zero-order valence-corrected chi connectivity index (χ0v) is 13.9. The molecule has 2 aromatic carbocycles. The maximum absolute atomic E-state index is 5.50. The molecular formula is C18H20BrNO. The maximum Gasteiger partial charge on any atom is 0.123 e. The molecule has 0 unspecified atom stereocenters. The lowest BCUT2D eigenvalue weighted by Gasteiger charge is -2.22. The second kappa shape index (κ2) is 6.63. The van der Waals surface area contributed by atoms with Crippen molar-refractivity contribution in [1.29, 1.82) is 0 Å². The summed E-state index contributed by atoms with van der Waals surface area (Å²) in [5.74, 6) is 0.968. The first-order chi connectivity index (χ1) is 10.3. The first kappa shape index (κ1) is 14.6. The molecule has 110 valence electrons. The molecule has 0 amide bonds. The number of methoxy groups -OCH3 is 1. The minimum Gasteiger partial charge on any atom is -0.496 e. The Morgan fingerprint density at radius 1 is 1.14 bits per heavy atom. The van der Waals surface area contributed by atoms with Crippen molar-refractivity contribution >= 4 is 15.9 Å². The summed E-state index contributed by atoms with van der Waals surface area (Å²) in [6, 6.07) is 15.0. The fraction of sp³-hybridized carbons (Fsp3) is 0.333. The Kier molecular flexibility index (Phi) is 4.61. The zero-order valence-electron chi connectivity index (χ0n) is 12.3. The maximum atomic E-state index is 5.50. The summed E-state index contributed by atoms with van der Waals surface area (Å²) >= 11 is 3.56. The fourth-order valence-corrected chi connectivity index (χ4v) is 3.42. The molecule has 0 N–H and O–H groups in total. The molecule has 0 aromatic heterocycles. The van der Waals surface area contributed by atoms with Crippen molar-refractivity contribution in [2.24, 2.45) is 0 Å². The van der Waals surface area contributed by atoms with Crippen LogP contribution in [0.3, 0.4) is 0 Å².